The maximum atomic E-state index is 12.5. The number of hydrogen-bond donors (Lipinski definition) is 1. The normalized spacial score (nSPS) is 10.8. The molecule has 2 nitrogen and oxygen atoms in total. The monoisotopic (exact) mass is 182 g/mol. The summed E-state index contributed by atoms with van der Waals surface area (Å²) >= 11 is 0. The lowest BCUT2D eigenvalue weighted by atomic mass is 10.2. The molecule has 13 heavy (non-hydrogen) atoms. The second-order valence-corrected chi connectivity index (χ2v) is 3.15. The summed E-state index contributed by atoms with van der Waals surface area (Å²) < 4.78 is 12.5. The Morgan fingerprint density at radius 3 is 2.46 bits per heavy atom. The van der Waals surface area contributed by atoms with E-state index in [2.05, 4.69) is 4.90 Å². The van der Waals surface area contributed by atoms with E-state index in [4.69, 9.17) is 5.73 Å². The molecule has 2 N–H and O–H groups in total. The number of hydrogen-bond acceptors (Lipinski definition) is 2. The molecular weight excluding hydrogens is 167 g/mol. The van der Waals surface area contributed by atoms with Crippen molar-refractivity contribution >= 4 is 0 Å². The first-order chi connectivity index (χ1) is 6.22. The summed E-state index contributed by atoms with van der Waals surface area (Å²) in [5.41, 5.74) is 6.51. The summed E-state index contributed by atoms with van der Waals surface area (Å²) in [7, 11) is 2.00. The van der Waals surface area contributed by atoms with Gasteiger partial charge in [-0.3, -0.25) is 0 Å². The fraction of sp³-hybridized carbons (Fsp3) is 0.400. The summed E-state index contributed by atoms with van der Waals surface area (Å²) in [5.74, 6) is -0.190. The first-order valence-corrected chi connectivity index (χ1v) is 4.35. The quantitative estimate of drug-likeness (QED) is 0.758. The Morgan fingerprint density at radius 1 is 1.31 bits per heavy atom. The predicted octanol–water partition coefficient (Wildman–Crippen LogP) is 1.22. The molecule has 0 heterocycles. The van der Waals surface area contributed by atoms with Crippen LogP contribution in [0.3, 0.4) is 0 Å². The summed E-state index contributed by atoms with van der Waals surface area (Å²) in [4.78, 5) is 2.10. The van der Waals surface area contributed by atoms with Gasteiger partial charge in [-0.05, 0) is 24.7 Å². The molecule has 0 amide bonds. The van der Waals surface area contributed by atoms with Crippen LogP contribution in [-0.2, 0) is 6.54 Å². The third-order valence-corrected chi connectivity index (χ3v) is 1.88. The van der Waals surface area contributed by atoms with Crippen molar-refractivity contribution in [2.24, 2.45) is 5.73 Å². The summed E-state index contributed by atoms with van der Waals surface area (Å²) in [6, 6.07) is 6.54. The summed E-state index contributed by atoms with van der Waals surface area (Å²) in [6.07, 6.45) is 0. The minimum absolute atomic E-state index is 0.190. The Balaban J connectivity index is 2.49. The molecule has 1 rings (SSSR count). The number of nitrogens with two attached hydrogens (primary N) is 1. The van der Waals surface area contributed by atoms with Crippen LogP contribution in [0.5, 0.6) is 0 Å². The number of rotatable bonds is 4. The lowest BCUT2D eigenvalue weighted by Crippen LogP contribution is -2.24. The van der Waals surface area contributed by atoms with Gasteiger partial charge >= 0.3 is 0 Å². The molecule has 0 aromatic heterocycles. The van der Waals surface area contributed by atoms with Gasteiger partial charge in [0.1, 0.15) is 5.82 Å². The van der Waals surface area contributed by atoms with Gasteiger partial charge in [0.15, 0.2) is 0 Å². The molecule has 0 saturated heterocycles. The van der Waals surface area contributed by atoms with Crippen molar-refractivity contribution in [3.8, 4) is 0 Å². The average Bonchev–Trinajstić information content (AvgIpc) is 2.09. The van der Waals surface area contributed by atoms with E-state index in [0.29, 0.717) is 6.54 Å². The first kappa shape index (κ1) is 10.2. The minimum Gasteiger partial charge on any atom is -0.329 e. The van der Waals surface area contributed by atoms with Crippen molar-refractivity contribution < 1.29 is 4.39 Å². The van der Waals surface area contributed by atoms with Crippen LogP contribution in [0, 0.1) is 5.82 Å². The van der Waals surface area contributed by atoms with Crippen molar-refractivity contribution in [1.82, 2.24) is 4.90 Å². The van der Waals surface area contributed by atoms with Crippen molar-refractivity contribution in [2.75, 3.05) is 20.1 Å². The van der Waals surface area contributed by atoms with Crippen LogP contribution in [0.25, 0.3) is 0 Å². The molecule has 3 heteroatoms. The average molecular weight is 182 g/mol. The standard InChI is InChI=1S/C10H15FN2/c1-13(7-6-12)8-9-2-4-10(11)5-3-9/h2-5H,6-8,12H2,1H3. The Morgan fingerprint density at radius 2 is 1.92 bits per heavy atom. The fourth-order valence-electron chi connectivity index (χ4n) is 1.20. The molecule has 0 spiro atoms. The molecule has 0 atom stereocenters. The van der Waals surface area contributed by atoms with Crippen LogP contribution >= 0.6 is 0 Å². The highest BCUT2D eigenvalue weighted by molar-refractivity contribution is 5.15. The number of likely N-dealkylation sites (N-methyl/N-ethyl adjacent to an activating group) is 1. The zero-order valence-corrected chi connectivity index (χ0v) is 7.83. The SMILES string of the molecule is CN(CCN)Cc1ccc(F)cc1. The van der Waals surface area contributed by atoms with E-state index in [1.54, 1.807) is 12.1 Å². The number of nitrogens with zero attached hydrogens (tertiary/aromatic N) is 1. The summed E-state index contributed by atoms with van der Waals surface area (Å²) in [5, 5.41) is 0. The van der Waals surface area contributed by atoms with Crippen LogP contribution in [0.2, 0.25) is 0 Å². The number of halogens is 1. The van der Waals surface area contributed by atoms with E-state index >= 15 is 0 Å². The zero-order valence-electron chi connectivity index (χ0n) is 7.83. The van der Waals surface area contributed by atoms with Gasteiger partial charge in [-0.15, -0.1) is 0 Å². The molecule has 0 saturated carbocycles. The Labute approximate surface area is 78.2 Å². The third-order valence-electron chi connectivity index (χ3n) is 1.88. The van der Waals surface area contributed by atoms with Gasteiger partial charge in [-0.2, -0.15) is 0 Å². The molecule has 0 fully saturated rings. The van der Waals surface area contributed by atoms with Crippen molar-refractivity contribution in [3.63, 3.8) is 0 Å². The fourth-order valence-corrected chi connectivity index (χ4v) is 1.20. The lowest BCUT2D eigenvalue weighted by molar-refractivity contribution is 0.336. The van der Waals surface area contributed by atoms with Crippen molar-refractivity contribution in [1.29, 1.82) is 0 Å². The van der Waals surface area contributed by atoms with Gasteiger partial charge in [0.05, 0.1) is 0 Å². The van der Waals surface area contributed by atoms with E-state index in [-0.39, 0.29) is 5.82 Å². The molecule has 72 valence electrons. The van der Waals surface area contributed by atoms with E-state index in [9.17, 15) is 4.39 Å². The van der Waals surface area contributed by atoms with Gasteiger partial charge in [-0.25, -0.2) is 4.39 Å². The van der Waals surface area contributed by atoms with Crippen LogP contribution in [-0.4, -0.2) is 25.0 Å². The molecule has 0 aliphatic rings. The van der Waals surface area contributed by atoms with Crippen molar-refractivity contribution in [3.05, 3.63) is 35.6 Å². The van der Waals surface area contributed by atoms with E-state index in [1.165, 1.54) is 12.1 Å². The number of benzene rings is 1. The van der Waals surface area contributed by atoms with E-state index in [1.807, 2.05) is 7.05 Å². The van der Waals surface area contributed by atoms with Crippen LogP contribution in [0.15, 0.2) is 24.3 Å². The van der Waals surface area contributed by atoms with E-state index in [0.717, 1.165) is 18.7 Å². The topological polar surface area (TPSA) is 29.3 Å². The molecule has 0 aliphatic carbocycles. The zero-order chi connectivity index (χ0) is 9.68. The van der Waals surface area contributed by atoms with Crippen LogP contribution in [0.1, 0.15) is 5.56 Å². The van der Waals surface area contributed by atoms with Gasteiger partial charge in [0.2, 0.25) is 0 Å². The molecular formula is C10H15FN2. The Hall–Kier alpha value is -0.930. The second-order valence-electron chi connectivity index (χ2n) is 3.15. The van der Waals surface area contributed by atoms with Gasteiger partial charge in [-0.1, -0.05) is 12.1 Å². The molecule has 0 bridgehead atoms. The smallest absolute Gasteiger partial charge is 0.123 e. The molecule has 1 aromatic rings. The predicted molar refractivity (Wildman–Crippen MR) is 51.8 cm³/mol. The second kappa shape index (κ2) is 4.94. The highest BCUT2D eigenvalue weighted by Crippen LogP contribution is 2.04. The maximum Gasteiger partial charge on any atom is 0.123 e. The Kier molecular flexibility index (Phi) is 3.86. The molecule has 1 aromatic carbocycles. The maximum absolute atomic E-state index is 12.5. The molecule has 0 unspecified atom stereocenters. The van der Waals surface area contributed by atoms with E-state index < -0.39 is 0 Å². The van der Waals surface area contributed by atoms with Crippen LogP contribution in [0.4, 0.5) is 4.39 Å². The van der Waals surface area contributed by atoms with Crippen molar-refractivity contribution in [2.45, 2.75) is 6.54 Å². The highest BCUT2D eigenvalue weighted by Gasteiger charge is 1.98. The summed E-state index contributed by atoms with van der Waals surface area (Å²) in [6.45, 7) is 2.33. The Bertz CT molecular complexity index is 246. The first-order valence-electron chi connectivity index (χ1n) is 4.35. The lowest BCUT2D eigenvalue weighted by Gasteiger charge is -2.14. The third kappa shape index (κ3) is 3.53. The van der Waals surface area contributed by atoms with Gasteiger partial charge < -0.3 is 10.6 Å². The highest BCUT2D eigenvalue weighted by atomic mass is 19.1. The molecule has 0 radical (unpaired) electrons. The largest absolute Gasteiger partial charge is 0.329 e. The van der Waals surface area contributed by atoms with Gasteiger partial charge in [0, 0.05) is 19.6 Å². The molecule has 0 aliphatic heterocycles. The van der Waals surface area contributed by atoms with Gasteiger partial charge in [0.25, 0.3) is 0 Å². The van der Waals surface area contributed by atoms with Crippen LogP contribution < -0.4 is 5.73 Å². The minimum atomic E-state index is -0.190.